The Morgan fingerprint density at radius 1 is 1.00 bits per heavy atom. The van der Waals surface area contributed by atoms with Gasteiger partial charge in [-0.25, -0.2) is 4.98 Å². The van der Waals surface area contributed by atoms with E-state index in [-0.39, 0.29) is 0 Å². The number of oxime groups is 1. The molecule has 0 aliphatic heterocycles. The highest BCUT2D eigenvalue weighted by atomic mass is 16.4. The molecule has 1 aromatic heterocycles. The zero-order valence-corrected chi connectivity index (χ0v) is 8.04. The second-order valence-corrected chi connectivity index (χ2v) is 3.06. The average molecular weight is 198 g/mol. The van der Waals surface area contributed by atoms with Crippen LogP contribution in [0.1, 0.15) is 5.69 Å². The van der Waals surface area contributed by atoms with E-state index in [4.69, 9.17) is 5.21 Å². The van der Waals surface area contributed by atoms with Gasteiger partial charge in [-0.15, -0.1) is 0 Å². The van der Waals surface area contributed by atoms with Crippen LogP contribution in [0.5, 0.6) is 0 Å². The van der Waals surface area contributed by atoms with Crippen molar-refractivity contribution in [1.82, 2.24) is 4.98 Å². The Balaban J connectivity index is 2.41. The van der Waals surface area contributed by atoms with Gasteiger partial charge in [-0.1, -0.05) is 41.6 Å². The SMILES string of the molecule is ON=Cc1cccc(-c2ccccc2)n1. The minimum Gasteiger partial charge on any atom is -0.411 e. The number of pyridine rings is 1. The maximum atomic E-state index is 8.41. The van der Waals surface area contributed by atoms with Gasteiger partial charge >= 0.3 is 0 Å². The van der Waals surface area contributed by atoms with E-state index in [2.05, 4.69) is 10.1 Å². The third-order valence-corrected chi connectivity index (χ3v) is 2.03. The highest BCUT2D eigenvalue weighted by molar-refractivity contribution is 5.77. The van der Waals surface area contributed by atoms with Crippen LogP contribution in [0.25, 0.3) is 11.3 Å². The second-order valence-electron chi connectivity index (χ2n) is 3.06. The number of hydrogen-bond donors (Lipinski definition) is 1. The quantitative estimate of drug-likeness (QED) is 0.458. The summed E-state index contributed by atoms with van der Waals surface area (Å²) in [5.41, 5.74) is 2.55. The molecule has 3 heteroatoms. The van der Waals surface area contributed by atoms with Gasteiger partial charge in [-0.05, 0) is 12.1 Å². The molecule has 0 aliphatic carbocycles. The van der Waals surface area contributed by atoms with Gasteiger partial charge in [0.05, 0.1) is 17.6 Å². The summed E-state index contributed by atoms with van der Waals surface area (Å²) in [4.78, 5) is 4.32. The van der Waals surface area contributed by atoms with Gasteiger partial charge in [-0.3, -0.25) is 0 Å². The van der Waals surface area contributed by atoms with Crippen molar-refractivity contribution in [2.75, 3.05) is 0 Å². The first-order valence-electron chi connectivity index (χ1n) is 4.60. The van der Waals surface area contributed by atoms with E-state index >= 15 is 0 Å². The molecule has 1 aromatic carbocycles. The maximum absolute atomic E-state index is 8.41. The lowest BCUT2D eigenvalue weighted by atomic mass is 10.1. The van der Waals surface area contributed by atoms with Gasteiger partial charge in [0.25, 0.3) is 0 Å². The Morgan fingerprint density at radius 2 is 1.80 bits per heavy atom. The molecule has 0 fully saturated rings. The maximum Gasteiger partial charge on any atom is 0.0918 e. The van der Waals surface area contributed by atoms with E-state index in [9.17, 15) is 0 Å². The fourth-order valence-electron chi connectivity index (χ4n) is 1.35. The van der Waals surface area contributed by atoms with Crippen molar-refractivity contribution in [1.29, 1.82) is 0 Å². The highest BCUT2D eigenvalue weighted by Crippen LogP contribution is 2.15. The van der Waals surface area contributed by atoms with Crippen LogP contribution in [0.2, 0.25) is 0 Å². The molecular weight excluding hydrogens is 188 g/mol. The molecule has 74 valence electrons. The first kappa shape index (κ1) is 9.40. The minimum absolute atomic E-state index is 0.638. The number of aromatic nitrogens is 1. The van der Waals surface area contributed by atoms with Crippen LogP contribution in [0.3, 0.4) is 0 Å². The molecule has 0 unspecified atom stereocenters. The van der Waals surface area contributed by atoms with Crippen LogP contribution < -0.4 is 0 Å². The third-order valence-electron chi connectivity index (χ3n) is 2.03. The number of nitrogens with zero attached hydrogens (tertiary/aromatic N) is 2. The molecule has 0 atom stereocenters. The molecule has 0 radical (unpaired) electrons. The summed E-state index contributed by atoms with van der Waals surface area (Å²) in [7, 11) is 0. The fourth-order valence-corrected chi connectivity index (χ4v) is 1.35. The average Bonchev–Trinajstić information content (AvgIpc) is 2.31. The molecule has 3 nitrogen and oxygen atoms in total. The van der Waals surface area contributed by atoms with E-state index < -0.39 is 0 Å². The fraction of sp³-hybridized carbons (Fsp3) is 0. The summed E-state index contributed by atoms with van der Waals surface area (Å²) in [6, 6.07) is 15.4. The summed E-state index contributed by atoms with van der Waals surface area (Å²) < 4.78 is 0. The molecule has 0 spiro atoms. The van der Waals surface area contributed by atoms with E-state index in [1.165, 1.54) is 6.21 Å². The van der Waals surface area contributed by atoms with Gasteiger partial charge in [0.1, 0.15) is 0 Å². The third kappa shape index (κ3) is 2.20. The lowest BCUT2D eigenvalue weighted by molar-refractivity contribution is 0.321. The normalized spacial score (nSPS) is 10.7. The summed E-state index contributed by atoms with van der Waals surface area (Å²) in [5, 5.41) is 11.4. The topological polar surface area (TPSA) is 45.5 Å². The van der Waals surface area contributed by atoms with Crippen molar-refractivity contribution < 1.29 is 5.21 Å². The van der Waals surface area contributed by atoms with Gasteiger partial charge < -0.3 is 5.21 Å². The minimum atomic E-state index is 0.638. The van der Waals surface area contributed by atoms with Crippen LogP contribution in [0, 0.1) is 0 Å². The molecule has 0 bridgehead atoms. The zero-order valence-electron chi connectivity index (χ0n) is 8.04. The Hall–Kier alpha value is -2.16. The number of hydrogen-bond acceptors (Lipinski definition) is 3. The van der Waals surface area contributed by atoms with Crippen LogP contribution in [0.4, 0.5) is 0 Å². The molecule has 2 rings (SSSR count). The van der Waals surface area contributed by atoms with Crippen molar-refractivity contribution in [3.63, 3.8) is 0 Å². The molecule has 0 saturated carbocycles. The predicted molar refractivity (Wildman–Crippen MR) is 59.1 cm³/mol. The standard InChI is InChI=1S/C12H10N2O/c15-13-9-11-7-4-8-12(14-11)10-5-2-1-3-6-10/h1-9,15H. The second kappa shape index (κ2) is 4.37. The summed E-state index contributed by atoms with van der Waals surface area (Å²) in [5.74, 6) is 0. The molecule has 1 N–H and O–H groups in total. The van der Waals surface area contributed by atoms with Crippen molar-refractivity contribution in [2.45, 2.75) is 0 Å². The van der Waals surface area contributed by atoms with E-state index in [1.54, 1.807) is 6.07 Å². The van der Waals surface area contributed by atoms with Crippen molar-refractivity contribution >= 4 is 6.21 Å². The monoisotopic (exact) mass is 198 g/mol. The summed E-state index contributed by atoms with van der Waals surface area (Å²) in [6.45, 7) is 0. The molecule has 2 aromatic rings. The van der Waals surface area contributed by atoms with E-state index in [0.29, 0.717) is 5.69 Å². The number of benzene rings is 1. The molecule has 0 saturated heterocycles. The van der Waals surface area contributed by atoms with Crippen molar-refractivity contribution in [2.24, 2.45) is 5.16 Å². The molecule has 15 heavy (non-hydrogen) atoms. The lowest BCUT2D eigenvalue weighted by Crippen LogP contribution is -1.89. The zero-order chi connectivity index (χ0) is 10.5. The summed E-state index contributed by atoms with van der Waals surface area (Å²) in [6.07, 6.45) is 1.31. The Kier molecular flexibility index (Phi) is 2.74. The molecule has 1 heterocycles. The smallest absolute Gasteiger partial charge is 0.0918 e. The first-order chi connectivity index (χ1) is 7.40. The predicted octanol–water partition coefficient (Wildman–Crippen LogP) is 2.56. The van der Waals surface area contributed by atoms with Gasteiger partial charge in [0.15, 0.2) is 0 Å². The highest BCUT2D eigenvalue weighted by Gasteiger charge is 1.98. The number of rotatable bonds is 2. The van der Waals surface area contributed by atoms with E-state index in [0.717, 1.165) is 11.3 Å². The molecular formula is C12H10N2O. The van der Waals surface area contributed by atoms with E-state index in [1.807, 2.05) is 42.5 Å². The van der Waals surface area contributed by atoms with Crippen LogP contribution in [0.15, 0.2) is 53.7 Å². The van der Waals surface area contributed by atoms with Gasteiger partial charge in [0, 0.05) is 5.56 Å². The first-order valence-corrected chi connectivity index (χ1v) is 4.60. The van der Waals surface area contributed by atoms with Crippen LogP contribution >= 0.6 is 0 Å². The largest absolute Gasteiger partial charge is 0.411 e. The Morgan fingerprint density at radius 3 is 2.53 bits per heavy atom. The van der Waals surface area contributed by atoms with Crippen molar-refractivity contribution in [3.8, 4) is 11.3 Å². The molecule has 0 amide bonds. The van der Waals surface area contributed by atoms with Gasteiger partial charge in [-0.2, -0.15) is 0 Å². The van der Waals surface area contributed by atoms with Crippen LogP contribution in [-0.2, 0) is 0 Å². The Labute approximate surface area is 87.7 Å². The van der Waals surface area contributed by atoms with Gasteiger partial charge in [0.2, 0.25) is 0 Å². The summed E-state index contributed by atoms with van der Waals surface area (Å²) >= 11 is 0. The molecule has 0 aliphatic rings. The van der Waals surface area contributed by atoms with Crippen LogP contribution in [-0.4, -0.2) is 16.4 Å². The van der Waals surface area contributed by atoms with Crippen molar-refractivity contribution in [3.05, 3.63) is 54.2 Å². The lowest BCUT2D eigenvalue weighted by Gasteiger charge is -2.00. The Bertz CT molecular complexity index is 466.